The largest absolute Gasteiger partial charge is 2.00 e. The van der Waals surface area contributed by atoms with Crippen molar-refractivity contribution in [1.29, 1.82) is 0 Å². The maximum atomic E-state index is 12.7. The average molecular weight is 499 g/mol. The van der Waals surface area contributed by atoms with E-state index in [4.69, 9.17) is 0 Å². The van der Waals surface area contributed by atoms with Crippen LogP contribution in [0, 0.1) is 10.8 Å². The topological polar surface area (TPSA) is 46.1 Å². The van der Waals surface area contributed by atoms with Crippen molar-refractivity contribution in [2.75, 3.05) is 0 Å². The van der Waals surface area contributed by atoms with Crippen LogP contribution in [0.3, 0.4) is 0 Å². The molecule has 2 aromatic carbocycles. The minimum atomic E-state index is -0.0972. The van der Waals surface area contributed by atoms with Gasteiger partial charge in [0.2, 0.25) is 0 Å². The Morgan fingerprint density at radius 1 is 0.625 bits per heavy atom. The van der Waals surface area contributed by atoms with E-state index in [9.17, 15) is 10.2 Å². The standard InChI is InChI=1S/C28H42O2S.Ni/c1-11-25(3,4)27(7,8)19-13-15-21(29)23(17-19)31-24-18-20(14-16-22(24)30)28(9,10)26(5,6)12-2;/h13-18,29-30H,11-12H2,1-10H3;/q;+2/p-2. The molecule has 0 saturated heterocycles. The quantitative estimate of drug-likeness (QED) is 0.356. The van der Waals surface area contributed by atoms with Gasteiger partial charge in [-0.1, -0.05) is 130 Å². The summed E-state index contributed by atoms with van der Waals surface area (Å²) < 4.78 is 0. The summed E-state index contributed by atoms with van der Waals surface area (Å²) in [5.41, 5.74) is 2.24. The molecule has 0 aliphatic heterocycles. The third-order valence-electron chi connectivity index (χ3n) is 8.70. The van der Waals surface area contributed by atoms with Gasteiger partial charge >= 0.3 is 16.5 Å². The first-order valence-electron chi connectivity index (χ1n) is 11.4. The van der Waals surface area contributed by atoms with Crippen molar-refractivity contribution >= 4 is 11.8 Å². The fourth-order valence-electron chi connectivity index (χ4n) is 3.74. The van der Waals surface area contributed by atoms with Gasteiger partial charge in [-0.2, -0.15) is 0 Å². The molecule has 2 nitrogen and oxygen atoms in total. The third kappa shape index (κ3) is 5.33. The summed E-state index contributed by atoms with van der Waals surface area (Å²) in [4.78, 5) is 1.25. The van der Waals surface area contributed by atoms with Gasteiger partial charge < -0.3 is 10.2 Å². The van der Waals surface area contributed by atoms with Gasteiger partial charge in [0.15, 0.2) is 0 Å². The van der Waals surface area contributed by atoms with E-state index in [0.29, 0.717) is 9.79 Å². The van der Waals surface area contributed by atoms with Crippen LogP contribution in [0.5, 0.6) is 11.5 Å². The SMILES string of the molecule is CCC(C)(C)C(C)(C)c1ccc([O-])c(Sc2cc(C(C)(C)C(C)(C)CC)ccc2[O-])c1.[Ni+2]. The fourth-order valence-corrected chi connectivity index (χ4v) is 4.68. The molecule has 0 amide bonds. The van der Waals surface area contributed by atoms with Crippen molar-refractivity contribution in [3.05, 3.63) is 47.5 Å². The Bertz CT molecular complexity index is 854. The first-order valence-corrected chi connectivity index (χ1v) is 12.2. The van der Waals surface area contributed by atoms with Gasteiger partial charge in [0.1, 0.15) is 0 Å². The molecule has 0 radical (unpaired) electrons. The van der Waals surface area contributed by atoms with Gasteiger partial charge in [-0.15, -0.1) is 0 Å². The molecular weight excluding hydrogens is 459 g/mol. The van der Waals surface area contributed by atoms with Gasteiger partial charge in [0.05, 0.1) is 0 Å². The van der Waals surface area contributed by atoms with Crippen LogP contribution in [0.1, 0.15) is 93.2 Å². The Hall–Kier alpha value is -1.12. The maximum absolute atomic E-state index is 12.7. The van der Waals surface area contributed by atoms with Crippen LogP contribution in [-0.2, 0) is 27.3 Å². The number of rotatable bonds is 8. The minimum Gasteiger partial charge on any atom is -0.872 e. The first kappa shape index (κ1) is 28.9. The Morgan fingerprint density at radius 2 is 0.938 bits per heavy atom. The molecular formula is C28H40NiO2S. The van der Waals surface area contributed by atoms with E-state index in [-0.39, 0.29) is 49.7 Å². The predicted octanol–water partition coefficient (Wildman–Crippen LogP) is 7.41. The summed E-state index contributed by atoms with van der Waals surface area (Å²) in [6.07, 6.45) is 2.08. The maximum Gasteiger partial charge on any atom is 2.00 e. The third-order valence-corrected chi connectivity index (χ3v) is 9.78. The van der Waals surface area contributed by atoms with Crippen molar-refractivity contribution < 1.29 is 26.7 Å². The minimum absolute atomic E-state index is 0. The molecule has 180 valence electrons. The van der Waals surface area contributed by atoms with Gasteiger partial charge in [0, 0.05) is 9.79 Å². The Kier molecular flexibility index (Phi) is 9.05. The van der Waals surface area contributed by atoms with Crippen LogP contribution >= 0.6 is 11.8 Å². The van der Waals surface area contributed by atoms with Crippen LogP contribution in [-0.4, -0.2) is 0 Å². The first-order chi connectivity index (χ1) is 14.1. The van der Waals surface area contributed by atoms with E-state index in [2.05, 4.69) is 69.2 Å². The van der Waals surface area contributed by atoms with Crippen LogP contribution in [0.25, 0.3) is 0 Å². The normalized spacial score (nSPS) is 13.1. The van der Waals surface area contributed by atoms with Gasteiger partial charge in [0.25, 0.3) is 0 Å². The molecule has 0 atom stereocenters. The van der Waals surface area contributed by atoms with E-state index >= 15 is 0 Å². The molecule has 0 bridgehead atoms. The molecule has 2 rings (SSSR count). The van der Waals surface area contributed by atoms with E-state index in [1.54, 1.807) is 12.1 Å². The van der Waals surface area contributed by atoms with Crippen molar-refractivity contribution in [2.24, 2.45) is 10.8 Å². The second-order valence-corrected chi connectivity index (χ2v) is 12.2. The molecule has 0 aromatic heterocycles. The molecule has 0 heterocycles. The zero-order chi connectivity index (χ0) is 23.8. The second kappa shape index (κ2) is 10.0. The van der Waals surface area contributed by atoms with E-state index in [1.807, 2.05) is 24.3 Å². The van der Waals surface area contributed by atoms with Crippen LogP contribution in [0.4, 0.5) is 0 Å². The van der Waals surface area contributed by atoms with E-state index in [1.165, 1.54) is 11.8 Å². The molecule has 32 heavy (non-hydrogen) atoms. The summed E-state index contributed by atoms with van der Waals surface area (Å²) in [5, 5.41) is 25.4. The number of hydrogen-bond donors (Lipinski definition) is 0. The van der Waals surface area contributed by atoms with Gasteiger partial charge in [-0.05, 0) is 44.9 Å². The molecule has 4 heteroatoms. The molecule has 0 unspecified atom stereocenters. The molecule has 0 N–H and O–H groups in total. The van der Waals surface area contributed by atoms with E-state index in [0.717, 1.165) is 24.0 Å². The molecule has 0 fully saturated rings. The predicted molar refractivity (Wildman–Crippen MR) is 130 cm³/mol. The zero-order valence-corrected chi connectivity index (χ0v) is 23.2. The summed E-state index contributed by atoms with van der Waals surface area (Å²) >= 11 is 1.31. The molecule has 0 saturated carbocycles. The average Bonchev–Trinajstić information content (AvgIpc) is 2.70. The van der Waals surface area contributed by atoms with Crippen molar-refractivity contribution in [3.63, 3.8) is 0 Å². The summed E-state index contributed by atoms with van der Waals surface area (Å²) in [5.74, 6) is -0.0615. The molecule has 2 aromatic rings. The molecule has 0 spiro atoms. The Labute approximate surface area is 210 Å². The van der Waals surface area contributed by atoms with Crippen LogP contribution in [0.15, 0.2) is 46.2 Å². The number of hydrogen-bond acceptors (Lipinski definition) is 3. The molecule has 0 aliphatic rings. The van der Waals surface area contributed by atoms with Gasteiger partial charge in [-0.25, -0.2) is 0 Å². The summed E-state index contributed by atoms with van der Waals surface area (Å²) in [6.45, 7) is 22.4. The van der Waals surface area contributed by atoms with Crippen LogP contribution in [0.2, 0.25) is 0 Å². The van der Waals surface area contributed by atoms with Crippen molar-refractivity contribution in [2.45, 2.75) is 103 Å². The van der Waals surface area contributed by atoms with Crippen molar-refractivity contribution in [1.82, 2.24) is 0 Å². The second-order valence-electron chi connectivity index (χ2n) is 11.1. The zero-order valence-electron chi connectivity index (χ0n) is 21.4. The Morgan fingerprint density at radius 3 is 1.22 bits per heavy atom. The molecule has 0 aliphatic carbocycles. The van der Waals surface area contributed by atoms with Gasteiger partial charge in [-0.3, -0.25) is 0 Å². The summed E-state index contributed by atoms with van der Waals surface area (Å²) in [6, 6.07) is 11.2. The monoisotopic (exact) mass is 498 g/mol. The number of benzene rings is 2. The summed E-state index contributed by atoms with van der Waals surface area (Å²) in [7, 11) is 0. The van der Waals surface area contributed by atoms with E-state index < -0.39 is 0 Å². The fraction of sp³-hybridized carbons (Fsp3) is 0.571. The Balaban J connectivity index is 0.00000512. The smallest absolute Gasteiger partial charge is 0.872 e. The van der Waals surface area contributed by atoms with Crippen LogP contribution < -0.4 is 10.2 Å². The van der Waals surface area contributed by atoms with Crippen molar-refractivity contribution in [3.8, 4) is 11.5 Å².